The van der Waals surface area contributed by atoms with E-state index >= 15 is 0 Å². The van der Waals surface area contributed by atoms with Crippen molar-refractivity contribution in [2.24, 2.45) is 0 Å². The van der Waals surface area contributed by atoms with Crippen molar-refractivity contribution in [3.63, 3.8) is 0 Å². The molecule has 0 saturated heterocycles. The Morgan fingerprint density at radius 1 is 1.57 bits per heavy atom. The van der Waals surface area contributed by atoms with Gasteiger partial charge in [0, 0.05) is 11.5 Å². The zero-order valence-corrected chi connectivity index (χ0v) is 9.03. The highest BCUT2D eigenvalue weighted by molar-refractivity contribution is 9.10. The van der Waals surface area contributed by atoms with Gasteiger partial charge >= 0.3 is 0 Å². The van der Waals surface area contributed by atoms with E-state index < -0.39 is 4.92 Å². The molecule has 0 aromatic heterocycles. The second-order valence-corrected chi connectivity index (χ2v) is 3.63. The molecular weight excluding hydrogens is 246 g/mol. The molecule has 0 spiro atoms. The molecule has 73 valence electrons. The van der Waals surface area contributed by atoms with E-state index in [0.29, 0.717) is 10.0 Å². The summed E-state index contributed by atoms with van der Waals surface area (Å²) in [4.78, 5) is 10.4. The van der Waals surface area contributed by atoms with Gasteiger partial charge < -0.3 is 0 Å². The highest BCUT2D eigenvalue weighted by Gasteiger charge is 2.20. The summed E-state index contributed by atoms with van der Waals surface area (Å²) in [5.41, 5.74) is 0.631. The molecule has 1 unspecified atom stereocenters. The summed E-state index contributed by atoms with van der Waals surface area (Å²) in [6.07, 6.45) is 1.58. The van der Waals surface area contributed by atoms with Crippen LogP contribution in [0.2, 0.25) is 0 Å². The summed E-state index contributed by atoms with van der Waals surface area (Å²) in [6, 6.07) is 5.06. The Labute approximate surface area is 90.7 Å². The van der Waals surface area contributed by atoms with Crippen molar-refractivity contribution >= 4 is 21.6 Å². The molecule has 0 bridgehead atoms. The van der Waals surface area contributed by atoms with Crippen LogP contribution in [0.5, 0.6) is 0 Å². The van der Waals surface area contributed by atoms with Crippen LogP contribution < -0.4 is 0 Å². The molecule has 0 amide bonds. The molecule has 0 heterocycles. The van der Waals surface area contributed by atoms with E-state index in [0.717, 1.165) is 0 Å². The van der Waals surface area contributed by atoms with Crippen LogP contribution in [0.15, 0.2) is 35.3 Å². The lowest BCUT2D eigenvalue weighted by atomic mass is 10.00. The Balaban J connectivity index is 3.35. The summed E-state index contributed by atoms with van der Waals surface area (Å²) in [6.45, 7) is 7.33. The number of halogens is 1. The van der Waals surface area contributed by atoms with Crippen LogP contribution in [0.3, 0.4) is 0 Å². The van der Waals surface area contributed by atoms with Gasteiger partial charge in [0.25, 0.3) is 5.69 Å². The monoisotopic (exact) mass is 254 g/mol. The van der Waals surface area contributed by atoms with Gasteiger partial charge in [-0.2, -0.15) is 0 Å². The van der Waals surface area contributed by atoms with Crippen LogP contribution in [0.25, 0.3) is 0 Å². The topological polar surface area (TPSA) is 43.1 Å². The van der Waals surface area contributed by atoms with Crippen LogP contribution in [-0.4, -0.2) is 4.92 Å². The van der Waals surface area contributed by atoms with E-state index in [9.17, 15) is 10.1 Å². The summed E-state index contributed by atoms with van der Waals surface area (Å²) in [5, 5.41) is 10.8. The van der Waals surface area contributed by atoms with Crippen LogP contribution in [0.1, 0.15) is 11.5 Å². The predicted molar refractivity (Wildman–Crippen MR) is 59.1 cm³/mol. The van der Waals surface area contributed by atoms with Gasteiger partial charge in [0.2, 0.25) is 0 Å². The molecule has 3 nitrogen and oxygen atoms in total. The molecular formula is C10H9BrNO2. The molecule has 1 atom stereocenters. The number of nitrogens with zero attached hydrogens (tertiary/aromatic N) is 1. The molecule has 0 aliphatic carbocycles. The Bertz CT molecular complexity index is 376. The fourth-order valence-corrected chi connectivity index (χ4v) is 1.68. The maximum Gasteiger partial charge on any atom is 0.287 e. The van der Waals surface area contributed by atoms with Crippen molar-refractivity contribution in [1.29, 1.82) is 0 Å². The van der Waals surface area contributed by atoms with Gasteiger partial charge in [-0.1, -0.05) is 18.2 Å². The first-order valence-corrected chi connectivity index (χ1v) is 4.75. The molecule has 1 rings (SSSR count). The Morgan fingerprint density at radius 3 is 2.71 bits per heavy atom. The second-order valence-electron chi connectivity index (χ2n) is 2.78. The van der Waals surface area contributed by atoms with E-state index in [1.54, 1.807) is 24.3 Å². The first-order chi connectivity index (χ1) is 6.57. The number of para-hydroxylation sites is 1. The van der Waals surface area contributed by atoms with Crippen molar-refractivity contribution in [2.45, 2.75) is 5.92 Å². The molecule has 0 N–H and O–H groups in total. The maximum absolute atomic E-state index is 10.8. The van der Waals surface area contributed by atoms with Gasteiger partial charge in [-0.05, 0) is 28.9 Å². The first-order valence-electron chi connectivity index (χ1n) is 3.96. The average molecular weight is 255 g/mol. The third-order valence-corrected chi connectivity index (χ3v) is 2.52. The van der Waals surface area contributed by atoms with Crippen molar-refractivity contribution in [1.82, 2.24) is 0 Å². The Kier molecular flexibility index (Phi) is 3.41. The van der Waals surface area contributed by atoms with Crippen molar-refractivity contribution < 1.29 is 4.92 Å². The quantitative estimate of drug-likeness (QED) is 0.471. The number of nitro benzene ring substituents is 1. The molecule has 0 aliphatic rings. The van der Waals surface area contributed by atoms with E-state index in [1.165, 1.54) is 0 Å². The highest BCUT2D eigenvalue weighted by Crippen LogP contribution is 2.33. The molecule has 1 aromatic rings. The zero-order valence-electron chi connectivity index (χ0n) is 7.44. The summed E-state index contributed by atoms with van der Waals surface area (Å²) in [7, 11) is 0. The van der Waals surface area contributed by atoms with Crippen molar-refractivity contribution in [3.8, 4) is 0 Å². The Hall–Kier alpha value is -1.16. The van der Waals surface area contributed by atoms with Gasteiger partial charge in [-0.15, -0.1) is 6.58 Å². The van der Waals surface area contributed by atoms with Crippen molar-refractivity contribution in [2.75, 3.05) is 0 Å². The van der Waals surface area contributed by atoms with Gasteiger partial charge in [-0.25, -0.2) is 0 Å². The van der Waals surface area contributed by atoms with Gasteiger partial charge in [-0.3, -0.25) is 10.1 Å². The normalized spacial score (nSPS) is 12.1. The lowest BCUT2D eigenvalue weighted by Crippen LogP contribution is -1.98. The molecule has 1 radical (unpaired) electrons. The minimum absolute atomic E-state index is 0.0624. The molecule has 14 heavy (non-hydrogen) atoms. The number of nitro groups is 1. The molecule has 4 heteroatoms. The maximum atomic E-state index is 10.8. The second kappa shape index (κ2) is 4.37. The first kappa shape index (κ1) is 10.9. The molecule has 0 saturated carbocycles. The molecule has 0 aliphatic heterocycles. The smallest absolute Gasteiger partial charge is 0.258 e. The SMILES string of the molecule is [CH2]C(C=C)c1cccc(Br)c1[N+](=O)[O-]. The third kappa shape index (κ3) is 2.01. The van der Waals surface area contributed by atoms with Gasteiger partial charge in [0.05, 0.1) is 9.40 Å². The standard InChI is InChI=1S/C10H9BrNO2/c1-3-7(2)8-5-4-6-9(11)10(8)12(13)14/h3-7H,1-2H2. The zero-order chi connectivity index (χ0) is 10.7. The van der Waals surface area contributed by atoms with Gasteiger partial charge in [0.1, 0.15) is 0 Å². The lowest BCUT2D eigenvalue weighted by molar-refractivity contribution is -0.386. The van der Waals surface area contributed by atoms with Crippen LogP contribution in [-0.2, 0) is 0 Å². The summed E-state index contributed by atoms with van der Waals surface area (Å²) < 4.78 is 0.468. The van der Waals surface area contributed by atoms with Gasteiger partial charge in [0.15, 0.2) is 0 Å². The fraction of sp³-hybridized carbons (Fsp3) is 0.100. The largest absolute Gasteiger partial charge is 0.287 e. The van der Waals surface area contributed by atoms with Crippen LogP contribution in [0, 0.1) is 17.0 Å². The van der Waals surface area contributed by atoms with E-state index in [2.05, 4.69) is 29.4 Å². The average Bonchev–Trinajstić information content (AvgIpc) is 2.15. The number of hydrogen-bond acceptors (Lipinski definition) is 2. The third-order valence-electron chi connectivity index (χ3n) is 1.88. The van der Waals surface area contributed by atoms with Crippen LogP contribution in [0.4, 0.5) is 5.69 Å². The number of rotatable bonds is 3. The van der Waals surface area contributed by atoms with E-state index in [4.69, 9.17) is 0 Å². The Morgan fingerprint density at radius 2 is 2.21 bits per heavy atom. The minimum Gasteiger partial charge on any atom is -0.258 e. The predicted octanol–water partition coefficient (Wildman–Crippen LogP) is 3.46. The fourth-order valence-electron chi connectivity index (χ4n) is 1.15. The number of benzene rings is 1. The highest BCUT2D eigenvalue weighted by atomic mass is 79.9. The van der Waals surface area contributed by atoms with Crippen LogP contribution >= 0.6 is 15.9 Å². The number of allylic oxidation sites excluding steroid dienone is 1. The molecule has 0 fully saturated rings. The molecule has 1 aromatic carbocycles. The van der Waals surface area contributed by atoms with E-state index in [1.807, 2.05) is 0 Å². The number of hydrogen-bond donors (Lipinski definition) is 0. The summed E-state index contributed by atoms with van der Waals surface area (Å²) >= 11 is 3.14. The minimum atomic E-state index is -0.416. The lowest BCUT2D eigenvalue weighted by Gasteiger charge is -2.07. The summed E-state index contributed by atoms with van der Waals surface area (Å²) in [5.74, 6) is -0.270. The van der Waals surface area contributed by atoms with E-state index in [-0.39, 0.29) is 11.6 Å². The van der Waals surface area contributed by atoms with Crippen molar-refractivity contribution in [3.05, 3.63) is 57.9 Å².